The molecule has 0 atom stereocenters. The number of likely N-dealkylation sites (N-methyl/N-ethyl adjacent to an activating group) is 1. The molecule has 2 aliphatic rings. The minimum Gasteiger partial charge on any atom is -0.326 e. The first-order chi connectivity index (χ1) is 16.4. The van der Waals surface area contributed by atoms with Crippen molar-refractivity contribution in [1.82, 2.24) is 10.2 Å². The van der Waals surface area contributed by atoms with Crippen molar-refractivity contribution in [3.63, 3.8) is 0 Å². The molecule has 0 aromatic heterocycles. The summed E-state index contributed by atoms with van der Waals surface area (Å²) in [6, 6.07) is 16.3. The van der Waals surface area contributed by atoms with Crippen molar-refractivity contribution in [1.29, 1.82) is 0 Å². The largest absolute Gasteiger partial charge is 0.326 e. The molecule has 8 nitrogen and oxygen atoms in total. The van der Waals surface area contributed by atoms with Crippen molar-refractivity contribution in [3.8, 4) is 0 Å². The number of carbonyl (C=O) groups is 4. The van der Waals surface area contributed by atoms with Crippen LogP contribution in [-0.2, 0) is 20.8 Å². The Balaban J connectivity index is 1.28. The first-order valence-electron chi connectivity index (χ1n) is 11.8. The summed E-state index contributed by atoms with van der Waals surface area (Å²) in [4.78, 5) is 53.0. The Labute approximate surface area is 199 Å². The SMILES string of the molecule is CCN(C(=O)Cc1ccc(NC(=O)CCN2C(=O)NC3(CCCC3)C2=O)cc1)c1ccccc1. The highest BCUT2D eigenvalue weighted by Crippen LogP contribution is 2.35. The van der Waals surface area contributed by atoms with Crippen LogP contribution in [0.15, 0.2) is 54.6 Å². The number of urea groups is 1. The van der Waals surface area contributed by atoms with E-state index in [1.54, 1.807) is 17.0 Å². The summed E-state index contributed by atoms with van der Waals surface area (Å²) >= 11 is 0. The molecule has 2 aromatic carbocycles. The Hall–Kier alpha value is -3.68. The van der Waals surface area contributed by atoms with E-state index in [0.717, 1.165) is 29.0 Å². The normalized spacial score (nSPS) is 16.6. The molecule has 2 aromatic rings. The summed E-state index contributed by atoms with van der Waals surface area (Å²) in [6.07, 6.45) is 3.45. The van der Waals surface area contributed by atoms with Crippen molar-refractivity contribution in [2.24, 2.45) is 0 Å². The van der Waals surface area contributed by atoms with Crippen LogP contribution in [0.25, 0.3) is 0 Å². The van der Waals surface area contributed by atoms with Gasteiger partial charge in [0.05, 0.1) is 6.42 Å². The molecule has 2 N–H and O–H groups in total. The molecule has 1 heterocycles. The molecule has 5 amide bonds. The maximum Gasteiger partial charge on any atom is 0.325 e. The number of amides is 5. The van der Waals surface area contributed by atoms with E-state index in [4.69, 9.17) is 0 Å². The van der Waals surface area contributed by atoms with Gasteiger partial charge in [0, 0.05) is 30.9 Å². The molecule has 0 bridgehead atoms. The van der Waals surface area contributed by atoms with E-state index in [0.29, 0.717) is 25.1 Å². The van der Waals surface area contributed by atoms with E-state index in [9.17, 15) is 19.2 Å². The van der Waals surface area contributed by atoms with Gasteiger partial charge in [0.2, 0.25) is 11.8 Å². The third-order valence-electron chi connectivity index (χ3n) is 6.54. The number of benzene rings is 2. The van der Waals surface area contributed by atoms with Crippen molar-refractivity contribution >= 4 is 35.1 Å². The van der Waals surface area contributed by atoms with Gasteiger partial charge in [0.25, 0.3) is 5.91 Å². The summed E-state index contributed by atoms with van der Waals surface area (Å²) in [5.74, 6) is -0.495. The highest BCUT2D eigenvalue weighted by molar-refractivity contribution is 6.07. The van der Waals surface area contributed by atoms with Crippen LogP contribution in [-0.4, -0.2) is 47.3 Å². The Morgan fingerprint density at radius 1 is 1.03 bits per heavy atom. The number of nitrogens with one attached hydrogen (secondary N) is 2. The van der Waals surface area contributed by atoms with Crippen molar-refractivity contribution < 1.29 is 19.2 Å². The average molecular weight is 463 g/mol. The Kier molecular flexibility index (Phi) is 6.95. The van der Waals surface area contributed by atoms with Crippen molar-refractivity contribution in [2.75, 3.05) is 23.3 Å². The Bertz CT molecular complexity index is 1060. The van der Waals surface area contributed by atoms with Gasteiger partial charge >= 0.3 is 6.03 Å². The lowest BCUT2D eigenvalue weighted by Gasteiger charge is -2.21. The van der Waals surface area contributed by atoms with Crippen LogP contribution >= 0.6 is 0 Å². The van der Waals surface area contributed by atoms with Gasteiger partial charge in [-0.25, -0.2) is 4.79 Å². The summed E-state index contributed by atoms with van der Waals surface area (Å²) in [7, 11) is 0. The quantitative estimate of drug-likeness (QED) is 0.587. The van der Waals surface area contributed by atoms with Crippen LogP contribution in [0, 0.1) is 0 Å². The molecule has 34 heavy (non-hydrogen) atoms. The van der Waals surface area contributed by atoms with Crippen molar-refractivity contribution in [3.05, 3.63) is 60.2 Å². The Morgan fingerprint density at radius 3 is 2.35 bits per heavy atom. The second kappa shape index (κ2) is 10.1. The number of hydrogen-bond donors (Lipinski definition) is 2. The third-order valence-corrected chi connectivity index (χ3v) is 6.54. The van der Waals surface area contributed by atoms with E-state index >= 15 is 0 Å². The van der Waals surface area contributed by atoms with Gasteiger partial charge in [-0.3, -0.25) is 19.3 Å². The number of hydrogen-bond acceptors (Lipinski definition) is 4. The number of nitrogens with zero attached hydrogens (tertiary/aromatic N) is 2. The number of anilines is 2. The van der Waals surface area contributed by atoms with E-state index in [2.05, 4.69) is 10.6 Å². The van der Waals surface area contributed by atoms with Gasteiger partial charge in [-0.2, -0.15) is 0 Å². The van der Waals surface area contributed by atoms with Gasteiger partial charge in [0.15, 0.2) is 0 Å². The van der Waals surface area contributed by atoms with Crippen LogP contribution in [0.1, 0.15) is 44.6 Å². The second-order valence-corrected chi connectivity index (χ2v) is 8.82. The molecule has 8 heteroatoms. The second-order valence-electron chi connectivity index (χ2n) is 8.82. The highest BCUT2D eigenvalue weighted by Gasteiger charge is 2.52. The maximum absolute atomic E-state index is 12.8. The van der Waals surface area contributed by atoms with E-state index in [1.165, 1.54) is 0 Å². The van der Waals surface area contributed by atoms with Gasteiger partial charge in [-0.1, -0.05) is 43.2 Å². The lowest BCUT2D eigenvalue weighted by molar-refractivity contribution is -0.131. The van der Waals surface area contributed by atoms with Crippen molar-refractivity contribution in [2.45, 2.75) is 51.0 Å². The number of rotatable bonds is 8. The van der Waals surface area contributed by atoms with Gasteiger partial charge in [-0.15, -0.1) is 0 Å². The zero-order valence-corrected chi connectivity index (χ0v) is 19.4. The Morgan fingerprint density at radius 2 is 1.71 bits per heavy atom. The predicted molar refractivity (Wildman–Crippen MR) is 129 cm³/mol. The summed E-state index contributed by atoms with van der Waals surface area (Å²) in [6.45, 7) is 2.57. The summed E-state index contributed by atoms with van der Waals surface area (Å²) < 4.78 is 0. The monoisotopic (exact) mass is 462 g/mol. The molecule has 1 aliphatic carbocycles. The summed E-state index contributed by atoms with van der Waals surface area (Å²) in [5.41, 5.74) is 1.55. The first-order valence-corrected chi connectivity index (χ1v) is 11.8. The fraction of sp³-hybridized carbons (Fsp3) is 0.385. The molecule has 2 fully saturated rings. The standard InChI is InChI=1S/C26H30N4O4/c1-2-29(21-8-4-3-5-9-21)23(32)18-19-10-12-20(13-11-19)27-22(31)14-17-30-24(33)26(28-25(30)34)15-6-7-16-26/h3-5,8-13H,2,6-7,14-18H2,1H3,(H,27,31)(H,28,34). The minimum absolute atomic E-state index is 0.000855. The van der Waals surface area contributed by atoms with E-state index in [-0.39, 0.29) is 37.1 Å². The topological polar surface area (TPSA) is 98.8 Å². The lowest BCUT2D eigenvalue weighted by atomic mass is 9.98. The number of para-hydroxylation sites is 1. The average Bonchev–Trinajstić information content (AvgIpc) is 3.39. The number of carbonyl (C=O) groups excluding carboxylic acids is 4. The fourth-order valence-corrected chi connectivity index (χ4v) is 4.72. The van der Waals surface area contributed by atoms with E-state index in [1.807, 2.05) is 49.4 Å². The molecule has 1 aliphatic heterocycles. The minimum atomic E-state index is -0.755. The molecular formula is C26H30N4O4. The summed E-state index contributed by atoms with van der Waals surface area (Å²) in [5, 5.41) is 5.61. The number of imide groups is 1. The van der Waals surface area contributed by atoms with Crippen LogP contribution in [0.3, 0.4) is 0 Å². The third kappa shape index (κ3) is 4.95. The van der Waals surface area contributed by atoms with E-state index < -0.39 is 11.6 Å². The zero-order valence-electron chi connectivity index (χ0n) is 19.4. The molecule has 4 rings (SSSR count). The van der Waals surface area contributed by atoms with Crippen LogP contribution in [0.4, 0.5) is 16.2 Å². The molecule has 0 unspecified atom stereocenters. The predicted octanol–water partition coefficient (Wildman–Crippen LogP) is 3.48. The smallest absolute Gasteiger partial charge is 0.325 e. The zero-order chi connectivity index (χ0) is 24.1. The molecular weight excluding hydrogens is 432 g/mol. The van der Waals surface area contributed by atoms with Gasteiger partial charge in [0.1, 0.15) is 5.54 Å². The molecule has 1 spiro atoms. The molecule has 1 saturated carbocycles. The van der Waals surface area contributed by atoms with Crippen LogP contribution < -0.4 is 15.5 Å². The molecule has 178 valence electrons. The van der Waals surface area contributed by atoms with Gasteiger partial charge in [-0.05, 0) is 49.6 Å². The van der Waals surface area contributed by atoms with Gasteiger partial charge < -0.3 is 15.5 Å². The first kappa shape index (κ1) is 23.5. The fourth-order valence-electron chi connectivity index (χ4n) is 4.72. The van der Waals surface area contributed by atoms with Crippen LogP contribution in [0.2, 0.25) is 0 Å². The highest BCUT2D eigenvalue weighted by atomic mass is 16.2. The maximum atomic E-state index is 12.8. The lowest BCUT2D eigenvalue weighted by Crippen LogP contribution is -2.44. The molecule has 0 radical (unpaired) electrons. The van der Waals surface area contributed by atoms with Crippen LogP contribution in [0.5, 0.6) is 0 Å². The molecule has 1 saturated heterocycles.